The fraction of sp³-hybridized carbons (Fsp3) is 0.323. The molecular weight excluding hydrogens is 477 g/mol. The Morgan fingerprint density at radius 1 is 0.974 bits per heavy atom. The van der Waals surface area contributed by atoms with Crippen LogP contribution in [-0.2, 0) is 14.0 Å². The molecule has 196 valence electrons. The molecule has 5 rings (SSSR count). The zero-order chi connectivity index (χ0) is 27.1. The van der Waals surface area contributed by atoms with Crippen molar-refractivity contribution in [3.05, 3.63) is 94.5 Å². The van der Waals surface area contributed by atoms with E-state index in [1.807, 2.05) is 71.0 Å². The number of ether oxygens (including phenoxy) is 1. The van der Waals surface area contributed by atoms with E-state index in [1.165, 1.54) is 22.3 Å². The molecule has 0 atom stereocenters. The van der Waals surface area contributed by atoms with Gasteiger partial charge >= 0.3 is 13.2 Å². The van der Waals surface area contributed by atoms with E-state index < -0.39 is 24.4 Å². The number of carbonyl (C=O) groups is 1. The normalized spacial score (nSPS) is 17.7. The van der Waals surface area contributed by atoms with Crippen molar-refractivity contribution >= 4 is 19.3 Å². The molecule has 1 amide bonds. The number of fused-ring (bicyclic) bond motifs is 3. The maximum absolute atomic E-state index is 12.9. The van der Waals surface area contributed by atoms with Crippen LogP contribution in [0, 0.1) is 6.92 Å². The van der Waals surface area contributed by atoms with Crippen molar-refractivity contribution in [1.29, 1.82) is 0 Å². The van der Waals surface area contributed by atoms with Crippen LogP contribution < -0.4 is 5.32 Å². The van der Waals surface area contributed by atoms with Crippen molar-refractivity contribution in [3.63, 3.8) is 0 Å². The van der Waals surface area contributed by atoms with Crippen LogP contribution in [0.5, 0.6) is 5.75 Å². The highest BCUT2D eigenvalue weighted by Crippen LogP contribution is 2.44. The van der Waals surface area contributed by atoms with Crippen LogP contribution in [0.15, 0.2) is 72.2 Å². The summed E-state index contributed by atoms with van der Waals surface area (Å²) in [7, 11) is -0.656. The van der Waals surface area contributed by atoms with E-state index in [2.05, 4.69) is 29.6 Å². The minimum absolute atomic E-state index is 0.0125. The molecule has 1 fully saturated rings. The van der Waals surface area contributed by atoms with Crippen molar-refractivity contribution in [1.82, 2.24) is 5.32 Å². The van der Waals surface area contributed by atoms with Crippen molar-refractivity contribution in [3.8, 4) is 16.9 Å². The summed E-state index contributed by atoms with van der Waals surface area (Å²) in [6.45, 7) is 10.3. The molecule has 1 saturated heterocycles. The molecule has 0 bridgehead atoms. The van der Waals surface area contributed by atoms with Gasteiger partial charge in [0, 0.05) is 12.5 Å². The first-order valence-corrected chi connectivity index (χ1v) is 13.0. The molecule has 0 spiro atoms. The van der Waals surface area contributed by atoms with E-state index in [0.29, 0.717) is 0 Å². The van der Waals surface area contributed by atoms with E-state index in [4.69, 9.17) is 14.0 Å². The Kier molecular flexibility index (Phi) is 6.84. The molecule has 0 radical (unpaired) electrons. The van der Waals surface area contributed by atoms with Gasteiger partial charge in [0.15, 0.2) is 0 Å². The predicted octanol–water partition coefficient (Wildman–Crippen LogP) is 6.25. The monoisotopic (exact) mass is 511 g/mol. The summed E-state index contributed by atoms with van der Waals surface area (Å²) >= 11 is 0. The lowest BCUT2D eigenvalue weighted by Gasteiger charge is -2.32. The van der Waals surface area contributed by atoms with E-state index >= 15 is 0 Å². The van der Waals surface area contributed by atoms with Crippen LogP contribution in [0.4, 0.5) is 4.79 Å². The SMILES string of the molecule is Cc1cc(O)cc(C=C(CNC(=O)OCC2c3ccccc3-c3ccccc32)B2OC(C)(C)C(C)(C)O2)c1. The molecule has 7 heteroatoms. The number of hydrogen-bond acceptors (Lipinski definition) is 5. The van der Waals surface area contributed by atoms with Gasteiger partial charge in [-0.1, -0.05) is 60.7 Å². The van der Waals surface area contributed by atoms with Crippen LogP contribution in [0.1, 0.15) is 55.9 Å². The lowest BCUT2D eigenvalue weighted by Crippen LogP contribution is -2.41. The Hall–Kier alpha value is -3.55. The zero-order valence-corrected chi connectivity index (χ0v) is 22.6. The van der Waals surface area contributed by atoms with E-state index in [-0.39, 0.29) is 24.8 Å². The summed E-state index contributed by atoms with van der Waals surface area (Å²) in [6, 6.07) is 21.8. The molecular formula is C31H34BNO5. The van der Waals surface area contributed by atoms with Gasteiger partial charge in [0.1, 0.15) is 12.4 Å². The Morgan fingerprint density at radius 3 is 2.13 bits per heavy atom. The summed E-state index contributed by atoms with van der Waals surface area (Å²) in [5.41, 5.74) is 6.08. The van der Waals surface area contributed by atoms with Crippen molar-refractivity contribution in [2.45, 2.75) is 51.7 Å². The van der Waals surface area contributed by atoms with Crippen molar-refractivity contribution in [2.24, 2.45) is 0 Å². The summed E-state index contributed by atoms with van der Waals surface area (Å²) in [5, 5.41) is 13.0. The summed E-state index contributed by atoms with van der Waals surface area (Å²) in [5.74, 6) is 0.163. The molecule has 38 heavy (non-hydrogen) atoms. The van der Waals surface area contributed by atoms with Gasteiger partial charge in [-0.2, -0.15) is 0 Å². The smallest absolute Gasteiger partial charge is 0.492 e. The Morgan fingerprint density at radius 2 is 1.55 bits per heavy atom. The Balaban J connectivity index is 1.31. The lowest BCUT2D eigenvalue weighted by molar-refractivity contribution is 0.00578. The van der Waals surface area contributed by atoms with Gasteiger partial charge in [0.05, 0.1) is 11.2 Å². The highest BCUT2D eigenvalue weighted by molar-refractivity contribution is 6.56. The predicted molar refractivity (Wildman–Crippen MR) is 150 cm³/mol. The van der Waals surface area contributed by atoms with E-state index in [9.17, 15) is 9.90 Å². The van der Waals surface area contributed by atoms with Crippen molar-refractivity contribution < 1.29 is 23.9 Å². The van der Waals surface area contributed by atoms with E-state index in [0.717, 1.165) is 16.6 Å². The van der Waals surface area contributed by atoms with Gasteiger partial charge in [-0.25, -0.2) is 4.79 Å². The number of alkyl carbamates (subject to hydrolysis) is 1. The lowest BCUT2D eigenvalue weighted by atomic mass is 9.77. The average molecular weight is 511 g/mol. The number of carbonyl (C=O) groups excluding carboxylic acids is 1. The highest BCUT2D eigenvalue weighted by atomic mass is 16.7. The molecule has 2 aliphatic rings. The topological polar surface area (TPSA) is 77.0 Å². The van der Waals surface area contributed by atoms with Gasteiger partial charge in [0.2, 0.25) is 0 Å². The van der Waals surface area contributed by atoms with Gasteiger partial charge in [0.25, 0.3) is 0 Å². The first-order chi connectivity index (χ1) is 18.0. The average Bonchev–Trinajstić information content (AvgIpc) is 3.29. The summed E-state index contributed by atoms with van der Waals surface area (Å²) < 4.78 is 18.3. The second-order valence-corrected chi connectivity index (χ2v) is 11.1. The summed E-state index contributed by atoms with van der Waals surface area (Å²) in [6.07, 6.45) is 1.37. The van der Waals surface area contributed by atoms with Crippen LogP contribution >= 0.6 is 0 Å². The Bertz CT molecular complexity index is 1310. The second kappa shape index (κ2) is 9.97. The molecule has 0 aromatic heterocycles. The van der Waals surface area contributed by atoms with Crippen LogP contribution in [0.25, 0.3) is 17.2 Å². The molecule has 3 aromatic rings. The molecule has 2 N–H and O–H groups in total. The maximum Gasteiger partial charge on any atom is 0.492 e. The van der Waals surface area contributed by atoms with Gasteiger partial charge in [-0.05, 0) is 85.6 Å². The number of benzene rings is 3. The highest BCUT2D eigenvalue weighted by Gasteiger charge is 2.52. The van der Waals surface area contributed by atoms with Crippen LogP contribution in [-0.4, -0.2) is 42.7 Å². The quantitative estimate of drug-likeness (QED) is 0.383. The number of amides is 1. The molecule has 3 aromatic carbocycles. The zero-order valence-electron chi connectivity index (χ0n) is 22.6. The number of hydrogen-bond donors (Lipinski definition) is 2. The Labute approximate surface area is 224 Å². The fourth-order valence-corrected chi connectivity index (χ4v) is 5.11. The summed E-state index contributed by atoms with van der Waals surface area (Å²) in [4.78, 5) is 12.9. The molecule has 1 aliphatic carbocycles. The number of aryl methyl sites for hydroxylation is 1. The maximum atomic E-state index is 12.9. The minimum atomic E-state index is -0.656. The number of phenols is 1. The first kappa shape index (κ1) is 26.1. The third-order valence-corrected chi connectivity index (χ3v) is 7.77. The standard InChI is InChI=1S/C31H34BNO5/c1-20-14-21(17-23(34)15-20)16-22(32-37-30(2,3)31(4,5)38-32)18-33-29(35)36-19-28-26-12-8-6-10-24(26)25-11-7-9-13-27(25)28/h6-17,28,34H,18-19H2,1-5H3,(H,33,35). The van der Waals surface area contributed by atoms with Crippen molar-refractivity contribution in [2.75, 3.05) is 13.2 Å². The number of phenolic OH excluding ortho intramolecular Hbond substituents is 1. The molecule has 6 nitrogen and oxygen atoms in total. The first-order valence-electron chi connectivity index (χ1n) is 13.0. The largest absolute Gasteiger partial charge is 0.508 e. The molecule has 1 aliphatic heterocycles. The van der Waals surface area contributed by atoms with Gasteiger partial charge in [-0.15, -0.1) is 0 Å². The van der Waals surface area contributed by atoms with E-state index in [1.54, 1.807) is 12.1 Å². The second-order valence-electron chi connectivity index (χ2n) is 11.1. The minimum Gasteiger partial charge on any atom is -0.508 e. The third-order valence-electron chi connectivity index (χ3n) is 7.77. The van der Waals surface area contributed by atoms with Gasteiger partial charge < -0.3 is 24.5 Å². The van der Waals surface area contributed by atoms with Crippen LogP contribution in [0.3, 0.4) is 0 Å². The third kappa shape index (κ3) is 5.09. The van der Waals surface area contributed by atoms with Crippen LogP contribution in [0.2, 0.25) is 0 Å². The fourth-order valence-electron chi connectivity index (χ4n) is 5.11. The molecule has 1 heterocycles. The molecule has 0 unspecified atom stereocenters. The molecule has 0 saturated carbocycles. The number of nitrogens with one attached hydrogen (secondary N) is 1. The number of rotatable bonds is 6. The van der Waals surface area contributed by atoms with Gasteiger partial charge in [-0.3, -0.25) is 0 Å². The number of aromatic hydroxyl groups is 1.